The fraction of sp³-hybridized carbons (Fsp3) is 0.200. The molecular formula is C15H15FO4. The fourth-order valence-corrected chi connectivity index (χ4v) is 1.71. The summed E-state index contributed by atoms with van der Waals surface area (Å²) in [6.45, 7) is 2.97. The molecule has 5 heteroatoms. The summed E-state index contributed by atoms with van der Waals surface area (Å²) in [6, 6.07) is 7.14. The Hall–Kier alpha value is -2.43. The van der Waals surface area contributed by atoms with Gasteiger partial charge in [-0.1, -0.05) is 18.7 Å². The van der Waals surface area contributed by atoms with E-state index in [-0.39, 0.29) is 28.9 Å². The van der Waals surface area contributed by atoms with Gasteiger partial charge in [-0.2, -0.15) is 0 Å². The zero-order valence-electron chi connectivity index (χ0n) is 10.8. The first-order valence-corrected chi connectivity index (χ1v) is 6.09. The Morgan fingerprint density at radius 1 is 1.20 bits per heavy atom. The lowest BCUT2D eigenvalue weighted by molar-refractivity contribution is 0.273. The molecule has 0 unspecified atom stereocenters. The van der Waals surface area contributed by atoms with Crippen molar-refractivity contribution in [3.63, 3.8) is 0 Å². The molecule has 0 amide bonds. The van der Waals surface area contributed by atoms with Gasteiger partial charge in [0, 0.05) is 0 Å². The molecule has 0 saturated heterocycles. The first kappa shape index (κ1) is 14.0. The van der Waals surface area contributed by atoms with Crippen molar-refractivity contribution in [3.05, 3.63) is 40.7 Å². The minimum absolute atomic E-state index is 0.0312. The number of benzene rings is 1. The van der Waals surface area contributed by atoms with Gasteiger partial charge in [0.15, 0.2) is 10.8 Å². The van der Waals surface area contributed by atoms with E-state index in [9.17, 15) is 14.6 Å². The molecule has 0 saturated carbocycles. The molecule has 4 nitrogen and oxygen atoms in total. The van der Waals surface area contributed by atoms with Crippen LogP contribution in [0.3, 0.4) is 0 Å². The molecule has 2 N–H and O–H groups in total. The van der Waals surface area contributed by atoms with E-state index in [0.717, 1.165) is 5.56 Å². The molecular weight excluding hydrogens is 263 g/mol. The Balaban J connectivity index is 2.10. The Morgan fingerprint density at radius 2 is 1.90 bits per heavy atom. The van der Waals surface area contributed by atoms with Crippen LogP contribution in [0, 0.1) is 0 Å². The maximum absolute atomic E-state index is 11.9. The second-order valence-corrected chi connectivity index (χ2v) is 4.18. The summed E-state index contributed by atoms with van der Waals surface area (Å²) in [6.07, 6.45) is 2.14. The van der Waals surface area contributed by atoms with Gasteiger partial charge in [-0.3, -0.25) is 0 Å². The van der Waals surface area contributed by atoms with Crippen molar-refractivity contribution < 1.29 is 23.8 Å². The van der Waals surface area contributed by atoms with E-state index in [4.69, 9.17) is 9.15 Å². The largest absolute Gasteiger partial charge is 0.502 e. The zero-order valence-corrected chi connectivity index (χ0v) is 10.8. The number of ether oxygens (including phenoxy) is 1. The van der Waals surface area contributed by atoms with Crippen molar-refractivity contribution in [2.45, 2.75) is 6.42 Å². The van der Waals surface area contributed by atoms with Crippen LogP contribution in [0.4, 0.5) is 4.39 Å². The Bertz CT molecular complexity index is 673. The Kier molecular flexibility index (Phi) is 4.30. The topological polar surface area (TPSA) is 62.8 Å². The molecule has 1 heterocycles. The number of furan rings is 1. The van der Waals surface area contributed by atoms with Crippen LogP contribution < -0.4 is 15.6 Å². The van der Waals surface area contributed by atoms with E-state index < -0.39 is 6.67 Å². The zero-order chi connectivity index (χ0) is 14.5. The number of alkyl halides is 1. The minimum atomic E-state index is -0.524. The average molecular weight is 278 g/mol. The monoisotopic (exact) mass is 278 g/mol. The number of rotatable bonds is 5. The predicted octanol–water partition coefficient (Wildman–Crippen LogP) is 1.47. The predicted molar refractivity (Wildman–Crippen MR) is 72.9 cm³/mol. The van der Waals surface area contributed by atoms with Gasteiger partial charge in [0.1, 0.15) is 19.0 Å². The summed E-state index contributed by atoms with van der Waals surface area (Å²) >= 11 is 0. The molecule has 0 fully saturated rings. The van der Waals surface area contributed by atoms with Gasteiger partial charge in [0.25, 0.3) is 0 Å². The van der Waals surface area contributed by atoms with E-state index >= 15 is 0 Å². The van der Waals surface area contributed by atoms with Crippen molar-refractivity contribution in [1.29, 1.82) is 0 Å². The van der Waals surface area contributed by atoms with Crippen LogP contribution >= 0.6 is 0 Å². The van der Waals surface area contributed by atoms with Gasteiger partial charge >= 0.3 is 0 Å². The quantitative estimate of drug-likeness (QED) is 0.869. The average Bonchev–Trinajstić information content (AvgIpc) is 2.71. The third-order valence-electron chi connectivity index (χ3n) is 2.75. The fourth-order valence-electron chi connectivity index (χ4n) is 1.71. The Labute approximate surface area is 115 Å². The summed E-state index contributed by atoms with van der Waals surface area (Å²) in [5, 5.41) is 18.9. The molecule has 2 aromatic rings. The molecule has 0 aliphatic rings. The van der Waals surface area contributed by atoms with E-state index in [1.54, 1.807) is 18.2 Å². The number of hydrogen-bond acceptors (Lipinski definition) is 4. The molecule has 20 heavy (non-hydrogen) atoms. The summed E-state index contributed by atoms with van der Waals surface area (Å²) in [5.74, 6) is -0.0472. The second-order valence-electron chi connectivity index (χ2n) is 4.18. The van der Waals surface area contributed by atoms with Crippen molar-refractivity contribution in [3.8, 4) is 17.2 Å². The lowest BCUT2D eigenvalue weighted by atomic mass is 10.1. The first-order valence-electron chi connectivity index (χ1n) is 6.09. The molecule has 0 aliphatic carbocycles. The molecule has 0 spiro atoms. The molecule has 106 valence electrons. The standard InChI is InChI=1S/C15H15FO4/c1-10-14(17)15(18)13(20-10)7-4-11-2-5-12(6-3-11)19-9-8-16/h2-3,5-7,17-18H,1,4,8-9H2/b13-7+. The molecule has 0 aliphatic heterocycles. The number of aromatic hydroxyl groups is 2. The van der Waals surface area contributed by atoms with E-state index in [1.807, 2.05) is 12.1 Å². The third kappa shape index (κ3) is 3.12. The van der Waals surface area contributed by atoms with Crippen LogP contribution in [0.25, 0.3) is 12.7 Å². The normalized spacial score (nSPS) is 11.8. The maximum Gasteiger partial charge on any atom is 0.204 e. The third-order valence-corrected chi connectivity index (χ3v) is 2.75. The molecule has 1 aromatic heterocycles. The van der Waals surface area contributed by atoms with Gasteiger partial charge in [-0.25, -0.2) is 4.39 Å². The van der Waals surface area contributed by atoms with Crippen molar-refractivity contribution in [2.24, 2.45) is 0 Å². The summed E-state index contributed by atoms with van der Waals surface area (Å²) in [7, 11) is 0. The van der Waals surface area contributed by atoms with Gasteiger partial charge in [-0.05, 0) is 30.2 Å². The maximum atomic E-state index is 11.9. The van der Waals surface area contributed by atoms with Crippen LogP contribution in [0.2, 0.25) is 0 Å². The summed E-state index contributed by atoms with van der Waals surface area (Å²) in [5.41, 5.74) is 1.17. The van der Waals surface area contributed by atoms with Crippen LogP contribution in [0.15, 0.2) is 28.7 Å². The van der Waals surface area contributed by atoms with Gasteiger partial charge < -0.3 is 19.4 Å². The van der Waals surface area contributed by atoms with E-state index in [1.165, 1.54) is 0 Å². The highest BCUT2D eigenvalue weighted by molar-refractivity contribution is 5.42. The SMILES string of the molecule is C=c1o/c(=C/Cc2ccc(OCCF)cc2)c(O)c1O. The van der Waals surface area contributed by atoms with Crippen LogP contribution in [-0.4, -0.2) is 23.5 Å². The van der Waals surface area contributed by atoms with E-state index in [2.05, 4.69) is 6.58 Å². The van der Waals surface area contributed by atoms with Gasteiger partial charge in [-0.15, -0.1) is 0 Å². The summed E-state index contributed by atoms with van der Waals surface area (Å²) < 4.78 is 22.2. The Morgan fingerprint density at radius 3 is 2.45 bits per heavy atom. The highest BCUT2D eigenvalue weighted by Gasteiger charge is 2.06. The van der Waals surface area contributed by atoms with Crippen LogP contribution in [0.1, 0.15) is 5.56 Å². The van der Waals surface area contributed by atoms with Crippen molar-refractivity contribution in [1.82, 2.24) is 0 Å². The lowest BCUT2D eigenvalue weighted by Gasteiger charge is -2.03. The molecule has 0 bridgehead atoms. The van der Waals surface area contributed by atoms with Crippen molar-refractivity contribution in [2.75, 3.05) is 13.3 Å². The smallest absolute Gasteiger partial charge is 0.204 e. The molecule has 2 rings (SSSR count). The first-order chi connectivity index (χ1) is 9.61. The van der Waals surface area contributed by atoms with Crippen LogP contribution in [0.5, 0.6) is 17.2 Å². The highest BCUT2D eigenvalue weighted by Crippen LogP contribution is 2.15. The molecule has 0 atom stereocenters. The molecule has 0 radical (unpaired) electrons. The minimum Gasteiger partial charge on any atom is -0.502 e. The molecule has 1 aromatic carbocycles. The number of halogens is 1. The van der Waals surface area contributed by atoms with E-state index in [0.29, 0.717) is 12.2 Å². The van der Waals surface area contributed by atoms with Gasteiger partial charge in [0.05, 0.1) is 0 Å². The second kappa shape index (κ2) is 6.14. The van der Waals surface area contributed by atoms with Gasteiger partial charge in [0.2, 0.25) is 11.5 Å². The lowest BCUT2D eigenvalue weighted by Crippen LogP contribution is -2.00. The number of hydrogen-bond donors (Lipinski definition) is 2. The van der Waals surface area contributed by atoms with Crippen molar-refractivity contribution >= 4 is 12.7 Å². The summed E-state index contributed by atoms with van der Waals surface area (Å²) in [4.78, 5) is 0. The highest BCUT2D eigenvalue weighted by atomic mass is 19.1. The van der Waals surface area contributed by atoms with Crippen LogP contribution in [-0.2, 0) is 6.42 Å².